The Bertz CT molecular complexity index is 590. The van der Waals surface area contributed by atoms with E-state index in [4.69, 9.17) is 9.52 Å². The number of hydrogen-bond acceptors (Lipinski definition) is 4. The third-order valence-corrected chi connectivity index (χ3v) is 4.32. The molecule has 0 aliphatic heterocycles. The van der Waals surface area contributed by atoms with Crippen molar-refractivity contribution in [1.82, 2.24) is 4.90 Å². The van der Waals surface area contributed by atoms with Gasteiger partial charge in [0.15, 0.2) is 0 Å². The Labute approximate surface area is 123 Å². The number of hydrogen-bond donors (Lipinski definition) is 1. The van der Waals surface area contributed by atoms with E-state index in [9.17, 15) is 4.79 Å². The molecule has 0 unspecified atom stereocenters. The highest BCUT2D eigenvalue weighted by Crippen LogP contribution is 2.22. The Morgan fingerprint density at radius 1 is 1.47 bits per heavy atom. The van der Waals surface area contributed by atoms with Gasteiger partial charge in [-0.2, -0.15) is 0 Å². The molecule has 6 heteroatoms. The van der Waals surface area contributed by atoms with Crippen LogP contribution in [0.25, 0.3) is 0 Å². The zero-order valence-electron chi connectivity index (χ0n) is 10.6. The molecule has 0 saturated carbocycles. The van der Waals surface area contributed by atoms with Gasteiger partial charge in [0.2, 0.25) is 5.76 Å². The number of aromatic carboxylic acids is 1. The lowest BCUT2D eigenvalue weighted by Gasteiger charge is -2.13. The normalized spacial score (nSPS) is 11.2. The molecule has 0 saturated heterocycles. The Morgan fingerprint density at radius 2 is 2.21 bits per heavy atom. The lowest BCUT2D eigenvalue weighted by molar-refractivity contribution is 0.0657. The van der Waals surface area contributed by atoms with Crippen molar-refractivity contribution in [2.75, 3.05) is 7.05 Å². The fraction of sp³-hybridized carbons (Fsp3) is 0.308. The van der Waals surface area contributed by atoms with E-state index < -0.39 is 5.97 Å². The average molecular weight is 344 g/mol. The van der Waals surface area contributed by atoms with Crippen LogP contribution < -0.4 is 0 Å². The highest BCUT2D eigenvalue weighted by atomic mass is 79.9. The number of carboxylic acid groups (broad SMARTS) is 1. The summed E-state index contributed by atoms with van der Waals surface area (Å²) in [5.74, 6) is -0.316. The van der Waals surface area contributed by atoms with Gasteiger partial charge in [0.05, 0.1) is 6.54 Å². The maximum atomic E-state index is 10.9. The van der Waals surface area contributed by atoms with E-state index in [1.165, 1.54) is 4.88 Å². The van der Waals surface area contributed by atoms with Gasteiger partial charge in [-0.25, -0.2) is 4.79 Å². The van der Waals surface area contributed by atoms with Crippen LogP contribution in [0.2, 0.25) is 0 Å². The van der Waals surface area contributed by atoms with Crippen molar-refractivity contribution in [2.45, 2.75) is 20.0 Å². The molecule has 2 heterocycles. The van der Waals surface area contributed by atoms with E-state index in [0.29, 0.717) is 17.9 Å². The van der Waals surface area contributed by atoms with Gasteiger partial charge in [0.25, 0.3) is 0 Å². The van der Waals surface area contributed by atoms with Crippen molar-refractivity contribution >= 4 is 33.2 Å². The van der Waals surface area contributed by atoms with Gasteiger partial charge in [-0.15, -0.1) is 11.3 Å². The number of thiophene rings is 1. The minimum absolute atomic E-state index is 0.0299. The van der Waals surface area contributed by atoms with Gasteiger partial charge in [0.1, 0.15) is 5.76 Å². The lowest BCUT2D eigenvalue weighted by Crippen LogP contribution is -2.16. The maximum absolute atomic E-state index is 10.9. The first-order chi connectivity index (χ1) is 8.95. The van der Waals surface area contributed by atoms with E-state index >= 15 is 0 Å². The minimum Gasteiger partial charge on any atom is -0.475 e. The largest absolute Gasteiger partial charge is 0.475 e. The number of rotatable bonds is 5. The van der Waals surface area contributed by atoms with E-state index in [1.54, 1.807) is 24.3 Å². The highest BCUT2D eigenvalue weighted by molar-refractivity contribution is 9.10. The van der Waals surface area contributed by atoms with Crippen LogP contribution >= 0.6 is 27.3 Å². The topological polar surface area (TPSA) is 53.7 Å². The first-order valence-electron chi connectivity index (χ1n) is 5.69. The number of nitrogens with zero attached hydrogens (tertiary/aromatic N) is 1. The summed E-state index contributed by atoms with van der Waals surface area (Å²) in [6.45, 7) is 3.13. The first kappa shape index (κ1) is 14.3. The summed E-state index contributed by atoms with van der Waals surface area (Å²) in [6, 6.07) is 3.86. The van der Waals surface area contributed by atoms with Gasteiger partial charge >= 0.3 is 5.97 Å². The monoisotopic (exact) mass is 343 g/mol. The minimum atomic E-state index is -1.02. The van der Waals surface area contributed by atoms with E-state index in [1.807, 2.05) is 12.4 Å². The van der Waals surface area contributed by atoms with Crippen molar-refractivity contribution in [3.05, 3.63) is 43.9 Å². The smallest absolute Gasteiger partial charge is 0.372 e. The highest BCUT2D eigenvalue weighted by Gasteiger charge is 2.15. The van der Waals surface area contributed by atoms with E-state index in [0.717, 1.165) is 11.0 Å². The molecule has 102 valence electrons. The van der Waals surface area contributed by atoms with E-state index in [2.05, 4.69) is 26.9 Å². The van der Waals surface area contributed by atoms with Crippen LogP contribution in [-0.4, -0.2) is 23.0 Å². The van der Waals surface area contributed by atoms with Gasteiger partial charge in [0, 0.05) is 26.8 Å². The number of furan rings is 1. The molecule has 0 atom stereocenters. The Balaban J connectivity index is 2.00. The molecule has 0 spiro atoms. The molecule has 0 bridgehead atoms. The van der Waals surface area contributed by atoms with Crippen molar-refractivity contribution in [3.63, 3.8) is 0 Å². The molecule has 1 N–H and O–H groups in total. The summed E-state index contributed by atoms with van der Waals surface area (Å²) >= 11 is 5.11. The summed E-state index contributed by atoms with van der Waals surface area (Å²) in [6.07, 6.45) is 0. The molecule has 19 heavy (non-hydrogen) atoms. The van der Waals surface area contributed by atoms with Crippen LogP contribution in [0.4, 0.5) is 0 Å². The summed E-state index contributed by atoms with van der Waals surface area (Å²) in [4.78, 5) is 14.2. The fourth-order valence-electron chi connectivity index (χ4n) is 1.86. The van der Waals surface area contributed by atoms with Crippen LogP contribution in [0.15, 0.2) is 26.4 Å². The van der Waals surface area contributed by atoms with Gasteiger partial charge < -0.3 is 9.52 Å². The van der Waals surface area contributed by atoms with Crippen molar-refractivity contribution < 1.29 is 14.3 Å². The number of carbonyl (C=O) groups is 1. The van der Waals surface area contributed by atoms with Crippen LogP contribution in [0.3, 0.4) is 0 Å². The van der Waals surface area contributed by atoms with Crippen molar-refractivity contribution in [1.29, 1.82) is 0 Å². The van der Waals surface area contributed by atoms with Crippen molar-refractivity contribution in [2.24, 2.45) is 0 Å². The molecule has 0 aliphatic rings. The predicted molar refractivity (Wildman–Crippen MR) is 77.6 cm³/mol. The lowest BCUT2D eigenvalue weighted by atomic mass is 10.2. The Kier molecular flexibility index (Phi) is 4.44. The van der Waals surface area contributed by atoms with Crippen LogP contribution in [0.1, 0.15) is 26.8 Å². The maximum Gasteiger partial charge on any atom is 0.372 e. The Morgan fingerprint density at radius 3 is 2.74 bits per heavy atom. The predicted octanol–water partition coefficient (Wildman–Crippen LogP) is 3.74. The zero-order valence-corrected chi connectivity index (χ0v) is 13.0. The summed E-state index contributed by atoms with van der Waals surface area (Å²) in [7, 11) is 1.98. The molecule has 0 radical (unpaired) electrons. The van der Waals surface area contributed by atoms with Gasteiger partial charge in [-0.1, -0.05) is 0 Å². The molecule has 0 aliphatic carbocycles. The number of aryl methyl sites for hydroxylation is 1. The molecule has 0 amide bonds. The fourth-order valence-corrected chi connectivity index (χ4v) is 3.39. The second kappa shape index (κ2) is 5.90. The molecule has 2 aromatic heterocycles. The molecular weight excluding hydrogens is 330 g/mol. The molecular formula is C13H14BrNO3S. The van der Waals surface area contributed by atoms with Crippen molar-refractivity contribution in [3.8, 4) is 0 Å². The average Bonchev–Trinajstić information content (AvgIpc) is 2.85. The van der Waals surface area contributed by atoms with Gasteiger partial charge in [-0.3, -0.25) is 4.90 Å². The third kappa shape index (κ3) is 3.68. The quantitative estimate of drug-likeness (QED) is 0.898. The summed E-state index contributed by atoms with van der Waals surface area (Å²) in [5, 5.41) is 11.0. The number of carboxylic acids is 1. The van der Waals surface area contributed by atoms with Gasteiger partial charge in [-0.05, 0) is 42.0 Å². The summed E-state index contributed by atoms with van der Waals surface area (Å²) < 4.78 is 6.43. The summed E-state index contributed by atoms with van der Waals surface area (Å²) in [5.41, 5.74) is 0.662. The molecule has 2 rings (SSSR count). The van der Waals surface area contributed by atoms with Crippen LogP contribution in [-0.2, 0) is 13.1 Å². The van der Waals surface area contributed by atoms with Crippen LogP contribution in [0, 0.1) is 6.92 Å². The molecule has 2 aromatic rings. The SMILES string of the molecule is Cc1cc(CN(C)Cc2cc(Br)cs2)oc1C(=O)O. The Hall–Kier alpha value is -1.11. The molecule has 4 nitrogen and oxygen atoms in total. The van der Waals surface area contributed by atoms with E-state index in [-0.39, 0.29) is 5.76 Å². The zero-order chi connectivity index (χ0) is 14.0. The third-order valence-electron chi connectivity index (χ3n) is 2.64. The second-order valence-electron chi connectivity index (χ2n) is 4.43. The standard InChI is InChI=1S/C13H14BrNO3S/c1-8-3-10(18-12(8)13(16)17)5-15(2)6-11-4-9(14)7-19-11/h3-4,7H,5-6H2,1-2H3,(H,16,17). The second-order valence-corrected chi connectivity index (χ2v) is 6.34. The number of halogens is 1. The first-order valence-corrected chi connectivity index (χ1v) is 7.37. The van der Waals surface area contributed by atoms with Crippen LogP contribution in [0.5, 0.6) is 0 Å². The molecule has 0 aromatic carbocycles. The molecule has 0 fully saturated rings.